The first-order chi connectivity index (χ1) is 8.50. The van der Waals surface area contributed by atoms with Gasteiger partial charge in [0.15, 0.2) is 0 Å². The molecular formula is C12H19NO5. The number of nitrogens with zero attached hydrogens (tertiary/aromatic N) is 1. The Kier molecular flexibility index (Phi) is 3.87. The Morgan fingerprint density at radius 3 is 2.72 bits per heavy atom. The lowest BCUT2D eigenvalue weighted by Gasteiger charge is -2.32. The normalized spacial score (nSPS) is 36.7. The Balaban J connectivity index is 2.09. The van der Waals surface area contributed by atoms with Crippen molar-refractivity contribution in [2.75, 3.05) is 19.8 Å². The molecule has 0 radical (unpaired) electrons. The van der Waals surface area contributed by atoms with Gasteiger partial charge in [0.05, 0.1) is 6.10 Å². The summed E-state index contributed by atoms with van der Waals surface area (Å²) >= 11 is 0. The second-order valence-corrected chi connectivity index (χ2v) is 5.18. The molecule has 6 nitrogen and oxygen atoms in total. The first-order valence-electron chi connectivity index (χ1n) is 6.29. The van der Waals surface area contributed by atoms with Crippen molar-refractivity contribution in [3.63, 3.8) is 0 Å². The minimum absolute atomic E-state index is 0.0958. The van der Waals surface area contributed by atoms with E-state index in [1.807, 2.05) is 6.92 Å². The van der Waals surface area contributed by atoms with E-state index in [0.29, 0.717) is 19.6 Å². The number of carbonyl (C=O) groups excluding carboxylic acids is 1. The fourth-order valence-corrected chi connectivity index (χ4v) is 2.75. The van der Waals surface area contributed by atoms with E-state index in [-0.39, 0.29) is 30.7 Å². The molecule has 0 aromatic rings. The molecule has 4 unspecified atom stereocenters. The van der Waals surface area contributed by atoms with Crippen LogP contribution in [0.4, 0.5) is 0 Å². The fourth-order valence-electron chi connectivity index (χ4n) is 2.75. The molecule has 0 aromatic heterocycles. The fraction of sp³-hybridized carbons (Fsp3) is 0.833. The summed E-state index contributed by atoms with van der Waals surface area (Å²) in [6, 6.07) is -0.887. The minimum atomic E-state index is -1.04. The largest absolute Gasteiger partial charge is 0.480 e. The SMILES string of the molecule is CC1COCCC1C(=O)N1CC(O)CC1C(=O)O. The highest BCUT2D eigenvalue weighted by Gasteiger charge is 2.42. The number of rotatable bonds is 2. The number of aliphatic hydroxyl groups excluding tert-OH is 1. The van der Waals surface area contributed by atoms with Gasteiger partial charge in [-0.15, -0.1) is 0 Å². The highest BCUT2D eigenvalue weighted by atomic mass is 16.5. The molecular weight excluding hydrogens is 238 g/mol. The molecule has 0 spiro atoms. The lowest BCUT2D eigenvalue weighted by molar-refractivity contribution is -0.152. The Hall–Kier alpha value is -1.14. The van der Waals surface area contributed by atoms with Crippen LogP contribution in [-0.4, -0.2) is 58.9 Å². The van der Waals surface area contributed by atoms with Crippen LogP contribution in [0.15, 0.2) is 0 Å². The van der Waals surface area contributed by atoms with Gasteiger partial charge in [-0.25, -0.2) is 4.79 Å². The summed E-state index contributed by atoms with van der Waals surface area (Å²) in [5.41, 5.74) is 0. The van der Waals surface area contributed by atoms with Crippen molar-refractivity contribution in [3.8, 4) is 0 Å². The third kappa shape index (κ3) is 2.49. The van der Waals surface area contributed by atoms with Crippen molar-refractivity contribution in [2.45, 2.75) is 31.9 Å². The van der Waals surface area contributed by atoms with Crippen LogP contribution in [0, 0.1) is 11.8 Å². The van der Waals surface area contributed by atoms with Crippen molar-refractivity contribution >= 4 is 11.9 Å². The van der Waals surface area contributed by atoms with Gasteiger partial charge in [-0.2, -0.15) is 0 Å². The second-order valence-electron chi connectivity index (χ2n) is 5.18. The molecule has 0 aliphatic carbocycles. The van der Waals surface area contributed by atoms with Crippen molar-refractivity contribution in [3.05, 3.63) is 0 Å². The van der Waals surface area contributed by atoms with Crippen LogP contribution in [-0.2, 0) is 14.3 Å². The summed E-state index contributed by atoms with van der Waals surface area (Å²) in [6.07, 6.45) is 0.0163. The van der Waals surface area contributed by atoms with Crippen LogP contribution in [0.1, 0.15) is 19.8 Å². The lowest BCUT2D eigenvalue weighted by atomic mass is 9.88. The third-order valence-electron chi connectivity index (χ3n) is 3.81. The Labute approximate surface area is 106 Å². The van der Waals surface area contributed by atoms with E-state index in [2.05, 4.69) is 0 Å². The molecule has 2 aliphatic heterocycles. The van der Waals surface area contributed by atoms with E-state index < -0.39 is 18.1 Å². The Morgan fingerprint density at radius 2 is 2.11 bits per heavy atom. The zero-order valence-electron chi connectivity index (χ0n) is 10.4. The predicted octanol–water partition coefficient (Wildman–Crippen LogP) is -0.295. The quantitative estimate of drug-likeness (QED) is 0.709. The summed E-state index contributed by atoms with van der Waals surface area (Å²) in [5.74, 6) is -1.29. The number of ether oxygens (including phenoxy) is 1. The first kappa shape index (κ1) is 13.3. The Morgan fingerprint density at radius 1 is 1.39 bits per heavy atom. The maximum Gasteiger partial charge on any atom is 0.326 e. The van der Waals surface area contributed by atoms with Gasteiger partial charge < -0.3 is 19.8 Å². The van der Waals surface area contributed by atoms with Gasteiger partial charge in [0.2, 0.25) is 5.91 Å². The molecule has 0 saturated carbocycles. The van der Waals surface area contributed by atoms with Crippen molar-refractivity contribution < 1.29 is 24.5 Å². The van der Waals surface area contributed by atoms with E-state index in [0.717, 1.165) is 0 Å². The topological polar surface area (TPSA) is 87.1 Å². The first-order valence-corrected chi connectivity index (χ1v) is 6.29. The summed E-state index contributed by atoms with van der Waals surface area (Å²) in [6.45, 7) is 3.13. The van der Waals surface area contributed by atoms with Crippen LogP contribution in [0.5, 0.6) is 0 Å². The van der Waals surface area contributed by atoms with E-state index in [4.69, 9.17) is 9.84 Å². The van der Waals surface area contributed by atoms with Gasteiger partial charge in [-0.1, -0.05) is 6.92 Å². The number of likely N-dealkylation sites (tertiary alicyclic amines) is 1. The van der Waals surface area contributed by atoms with Crippen molar-refractivity contribution in [1.82, 2.24) is 4.90 Å². The molecule has 0 bridgehead atoms. The number of amides is 1. The number of carbonyl (C=O) groups is 2. The van der Waals surface area contributed by atoms with Gasteiger partial charge in [-0.3, -0.25) is 4.79 Å². The maximum atomic E-state index is 12.4. The van der Waals surface area contributed by atoms with Crippen LogP contribution in [0.2, 0.25) is 0 Å². The van der Waals surface area contributed by atoms with Crippen LogP contribution in [0.25, 0.3) is 0 Å². The number of hydrogen-bond donors (Lipinski definition) is 2. The standard InChI is InChI=1S/C12H19NO5/c1-7-6-18-3-2-9(7)11(15)13-5-8(14)4-10(13)12(16)17/h7-10,14H,2-6H2,1H3,(H,16,17). The van der Waals surface area contributed by atoms with E-state index in [1.54, 1.807) is 0 Å². The molecule has 2 fully saturated rings. The highest BCUT2D eigenvalue weighted by Crippen LogP contribution is 2.28. The number of aliphatic carboxylic acids is 1. The molecule has 102 valence electrons. The third-order valence-corrected chi connectivity index (χ3v) is 3.81. The summed E-state index contributed by atoms with van der Waals surface area (Å²) in [4.78, 5) is 24.8. The molecule has 2 heterocycles. The second kappa shape index (κ2) is 5.24. The lowest BCUT2D eigenvalue weighted by Crippen LogP contribution is -2.47. The zero-order valence-corrected chi connectivity index (χ0v) is 10.4. The molecule has 0 aromatic carbocycles. The highest BCUT2D eigenvalue weighted by molar-refractivity contribution is 5.86. The van der Waals surface area contributed by atoms with Crippen molar-refractivity contribution in [2.24, 2.45) is 11.8 Å². The molecule has 2 rings (SSSR count). The van der Waals surface area contributed by atoms with Gasteiger partial charge in [0.25, 0.3) is 0 Å². The molecule has 2 saturated heterocycles. The molecule has 6 heteroatoms. The van der Waals surface area contributed by atoms with Crippen LogP contribution in [0.3, 0.4) is 0 Å². The van der Waals surface area contributed by atoms with Gasteiger partial charge in [0, 0.05) is 32.1 Å². The number of aliphatic hydroxyl groups is 1. The van der Waals surface area contributed by atoms with Crippen LogP contribution < -0.4 is 0 Å². The number of β-amino-alcohol motifs (C(OH)–C–C–N with tert-alkyl or cyclic N) is 1. The van der Waals surface area contributed by atoms with E-state index in [1.165, 1.54) is 4.90 Å². The summed E-state index contributed by atoms with van der Waals surface area (Å²) < 4.78 is 5.28. The van der Waals surface area contributed by atoms with Gasteiger partial charge in [-0.05, 0) is 12.3 Å². The molecule has 1 amide bonds. The minimum Gasteiger partial charge on any atom is -0.480 e. The molecule has 18 heavy (non-hydrogen) atoms. The predicted molar refractivity (Wildman–Crippen MR) is 61.9 cm³/mol. The molecule has 2 N–H and O–H groups in total. The monoisotopic (exact) mass is 257 g/mol. The van der Waals surface area contributed by atoms with Crippen molar-refractivity contribution in [1.29, 1.82) is 0 Å². The zero-order chi connectivity index (χ0) is 13.3. The number of carboxylic acid groups (broad SMARTS) is 1. The smallest absolute Gasteiger partial charge is 0.326 e. The van der Waals surface area contributed by atoms with E-state index in [9.17, 15) is 14.7 Å². The number of carboxylic acids is 1. The maximum absolute atomic E-state index is 12.4. The molecule has 2 aliphatic rings. The van der Waals surface area contributed by atoms with Gasteiger partial charge >= 0.3 is 5.97 Å². The van der Waals surface area contributed by atoms with Gasteiger partial charge in [0.1, 0.15) is 6.04 Å². The average Bonchev–Trinajstić information content (AvgIpc) is 2.71. The summed E-state index contributed by atoms with van der Waals surface area (Å²) in [7, 11) is 0. The number of hydrogen-bond acceptors (Lipinski definition) is 4. The average molecular weight is 257 g/mol. The van der Waals surface area contributed by atoms with Crippen LogP contribution >= 0.6 is 0 Å². The molecule has 4 atom stereocenters. The Bertz CT molecular complexity index is 345. The van der Waals surface area contributed by atoms with E-state index >= 15 is 0 Å². The summed E-state index contributed by atoms with van der Waals surface area (Å²) in [5, 5.41) is 18.6.